The fraction of sp³-hybridized carbons (Fsp3) is 0.550. The second kappa shape index (κ2) is 6.74. The monoisotopic (exact) mass is 353 g/mol. The molecule has 2 N–H and O–H groups in total. The van der Waals surface area contributed by atoms with Crippen molar-refractivity contribution < 1.29 is 4.79 Å². The van der Waals surface area contributed by atoms with Gasteiger partial charge in [-0.3, -0.25) is 5.10 Å². The van der Waals surface area contributed by atoms with E-state index >= 15 is 0 Å². The molecule has 1 aromatic carbocycles. The number of hydrogen-bond donors (Lipinski definition) is 2. The number of aromatic nitrogens is 3. The van der Waals surface area contributed by atoms with Crippen LogP contribution in [0, 0.1) is 5.41 Å². The normalized spacial score (nSPS) is 21.2. The van der Waals surface area contributed by atoms with Crippen molar-refractivity contribution in [2.45, 2.75) is 58.0 Å². The van der Waals surface area contributed by atoms with Crippen LogP contribution in [0.25, 0.3) is 0 Å². The maximum absolute atomic E-state index is 12.8. The van der Waals surface area contributed by atoms with Crippen molar-refractivity contribution in [1.29, 1.82) is 0 Å². The summed E-state index contributed by atoms with van der Waals surface area (Å²) in [7, 11) is 0. The third-order valence-electron chi connectivity index (χ3n) is 5.82. The molecule has 0 radical (unpaired) electrons. The van der Waals surface area contributed by atoms with E-state index in [2.05, 4.69) is 58.6 Å². The summed E-state index contributed by atoms with van der Waals surface area (Å²) in [4.78, 5) is 19.2. The lowest BCUT2D eigenvalue weighted by Crippen LogP contribution is -2.61. The standard InChI is InChI=1S/C20H27N5O/c1-14(2)18-22-16(23-24-18)12-21-19(26)25-13-20(10-6-7-11-20)17(25)15-8-4-3-5-9-15/h3-5,8-9,14,17H,6-7,10-13H2,1-2H3,(H,21,26)(H,22,23,24). The van der Waals surface area contributed by atoms with E-state index in [0.29, 0.717) is 12.4 Å². The van der Waals surface area contributed by atoms with Gasteiger partial charge in [0.05, 0.1) is 12.6 Å². The number of H-pyrrole nitrogens is 1. The second-order valence-electron chi connectivity index (χ2n) is 7.96. The highest BCUT2D eigenvalue weighted by molar-refractivity contribution is 5.76. The van der Waals surface area contributed by atoms with E-state index in [-0.39, 0.29) is 23.4 Å². The molecule has 1 saturated carbocycles. The Hall–Kier alpha value is -2.37. The summed E-state index contributed by atoms with van der Waals surface area (Å²) in [5.41, 5.74) is 1.52. The zero-order valence-corrected chi connectivity index (χ0v) is 15.5. The Morgan fingerprint density at radius 2 is 2.04 bits per heavy atom. The molecular weight excluding hydrogens is 326 g/mol. The van der Waals surface area contributed by atoms with Crippen molar-refractivity contribution in [3.05, 3.63) is 47.5 Å². The molecule has 26 heavy (non-hydrogen) atoms. The topological polar surface area (TPSA) is 73.9 Å². The van der Waals surface area contributed by atoms with Gasteiger partial charge >= 0.3 is 6.03 Å². The Morgan fingerprint density at radius 1 is 1.31 bits per heavy atom. The van der Waals surface area contributed by atoms with Crippen molar-refractivity contribution in [2.75, 3.05) is 6.54 Å². The van der Waals surface area contributed by atoms with E-state index in [1.807, 2.05) is 11.0 Å². The summed E-state index contributed by atoms with van der Waals surface area (Å²) in [6.45, 7) is 5.34. The predicted molar refractivity (Wildman–Crippen MR) is 99.5 cm³/mol. The van der Waals surface area contributed by atoms with Gasteiger partial charge in [-0.15, -0.1) is 0 Å². The maximum Gasteiger partial charge on any atom is 0.318 e. The molecule has 2 heterocycles. The van der Waals surface area contributed by atoms with Gasteiger partial charge in [-0.05, 0) is 18.4 Å². The van der Waals surface area contributed by atoms with Gasteiger partial charge < -0.3 is 10.2 Å². The Kier molecular flexibility index (Phi) is 4.42. The number of nitrogens with zero attached hydrogens (tertiary/aromatic N) is 3. The van der Waals surface area contributed by atoms with Crippen LogP contribution in [-0.4, -0.2) is 32.7 Å². The number of nitrogens with one attached hydrogen (secondary N) is 2. The van der Waals surface area contributed by atoms with E-state index in [9.17, 15) is 4.79 Å². The molecule has 6 heteroatoms. The first kappa shape index (κ1) is 17.1. The first-order valence-corrected chi connectivity index (χ1v) is 9.60. The molecule has 6 nitrogen and oxygen atoms in total. The van der Waals surface area contributed by atoms with Crippen molar-refractivity contribution in [2.24, 2.45) is 5.41 Å². The highest BCUT2D eigenvalue weighted by Gasteiger charge is 2.55. The van der Waals surface area contributed by atoms with Gasteiger partial charge in [0.1, 0.15) is 5.82 Å². The molecule has 0 bridgehead atoms. The predicted octanol–water partition coefficient (Wildman–Crippen LogP) is 3.76. The summed E-state index contributed by atoms with van der Waals surface area (Å²) in [5.74, 6) is 1.76. The van der Waals surface area contributed by atoms with Gasteiger partial charge in [0.15, 0.2) is 5.82 Å². The number of carbonyl (C=O) groups excluding carboxylic acids is 1. The van der Waals surface area contributed by atoms with Crippen molar-refractivity contribution in [1.82, 2.24) is 25.4 Å². The van der Waals surface area contributed by atoms with Crippen LogP contribution in [0.5, 0.6) is 0 Å². The quantitative estimate of drug-likeness (QED) is 0.879. The van der Waals surface area contributed by atoms with Gasteiger partial charge in [-0.25, -0.2) is 9.78 Å². The van der Waals surface area contributed by atoms with Crippen LogP contribution >= 0.6 is 0 Å². The van der Waals surface area contributed by atoms with Crippen LogP contribution in [0.2, 0.25) is 0 Å². The molecule has 4 rings (SSSR count). The van der Waals surface area contributed by atoms with Crippen molar-refractivity contribution in [3.63, 3.8) is 0 Å². The molecule has 1 atom stereocenters. The fourth-order valence-electron chi connectivity index (χ4n) is 4.51. The minimum absolute atomic E-state index is 0.0149. The molecule has 2 aliphatic rings. The van der Waals surface area contributed by atoms with E-state index in [1.165, 1.54) is 31.2 Å². The maximum atomic E-state index is 12.8. The molecular formula is C20H27N5O. The van der Waals surface area contributed by atoms with E-state index in [0.717, 1.165) is 12.4 Å². The highest BCUT2D eigenvalue weighted by Crippen LogP contribution is 2.57. The minimum atomic E-state index is -0.0149. The Balaban J connectivity index is 1.45. The van der Waals surface area contributed by atoms with Gasteiger partial charge in [-0.1, -0.05) is 57.0 Å². The van der Waals surface area contributed by atoms with E-state index in [1.54, 1.807) is 0 Å². The largest absolute Gasteiger partial charge is 0.331 e. The van der Waals surface area contributed by atoms with E-state index < -0.39 is 0 Å². The molecule has 2 fully saturated rings. The Labute approximate surface area is 154 Å². The molecule has 1 spiro atoms. The average molecular weight is 353 g/mol. The van der Waals surface area contributed by atoms with Gasteiger partial charge in [-0.2, -0.15) is 5.10 Å². The molecule has 1 aliphatic carbocycles. The number of amides is 2. The van der Waals surface area contributed by atoms with E-state index in [4.69, 9.17) is 0 Å². The smallest absolute Gasteiger partial charge is 0.318 e. The lowest BCUT2D eigenvalue weighted by molar-refractivity contribution is -0.0396. The lowest BCUT2D eigenvalue weighted by atomic mass is 9.67. The third-order valence-corrected chi connectivity index (χ3v) is 5.82. The summed E-state index contributed by atoms with van der Waals surface area (Å²) in [6.07, 6.45) is 4.98. The van der Waals surface area contributed by atoms with Gasteiger partial charge in [0.25, 0.3) is 0 Å². The average Bonchev–Trinajstić information content (AvgIpc) is 3.29. The number of carbonyl (C=O) groups is 1. The number of aromatic amines is 1. The number of rotatable bonds is 4. The second-order valence-corrected chi connectivity index (χ2v) is 7.96. The van der Waals surface area contributed by atoms with Gasteiger partial charge in [0.2, 0.25) is 0 Å². The number of likely N-dealkylation sites (tertiary alicyclic amines) is 1. The fourth-order valence-corrected chi connectivity index (χ4v) is 4.51. The molecule has 138 valence electrons. The summed E-state index contributed by atoms with van der Waals surface area (Å²) in [6, 6.07) is 10.6. The summed E-state index contributed by atoms with van der Waals surface area (Å²) < 4.78 is 0. The van der Waals surface area contributed by atoms with Crippen LogP contribution in [0.4, 0.5) is 4.79 Å². The van der Waals surface area contributed by atoms with Crippen LogP contribution in [0.1, 0.15) is 68.7 Å². The minimum Gasteiger partial charge on any atom is -0.331 e. The molecule has 2 amide bonds. The Morgan fingerprint density at radius 3 is 2.69 bits per heavy atom. The van der Waals surface area contributed by atoms with Gasteiger partial charge in [0, 0.05) is 17.9 Å². The van der Waals surface area contributed by atoms with Crippen molar-refractivity contribution in [3.8, 4) is 0 Å². The Bertz CT molecular complexity index is 764. The van der Waals surface area contributed by atoms with Crippen LogP contribution in [0.3, 0.4) is 0 Å². The summed E-state index contributed by atoms with van der Waals surface area (Å²) in [5, 5.41) is 10.1. The van der Waals surface area contributed by atoms with Crippen LogP contribution < -0.4 is 5.32 Å². The molecule has 1 unspecified atom stereocenters. The molecule has 2 aromatic rings. The first-order valence-electron chi connectivity index (χ1n) is 9.60. The first-order chi connectivity index (χ1) is 12.6. The molecule has 1 aromatic heterocycles. The van der Waals surface area contributed by atoms with Crippen LogP contribution in [-0.2, 0) is 6.54 Å². The third kappa shape index (κ3) is 2.97. The lowest BCUT2D eigenvalue weighted by Gasteiger charge is -2.56. The zero-order chi connectivity index (χ0) is 18.1. The number of hydrogen-bond acceptors (Lipinski definition) is 3. The number of benzene rings is 1. The SMILES string of the molecule is CC(C)c1n[nH]c(CNC(=O)N2CC3(CCCC3)C2c2ccccc2)n1. The molecule has 1 saturated heterocycles. The highest BCUT2D eigenvalue weighted by atomic mass is 16.2. The number of urea groups is 1. The molecule has 1 aliphatic heterocycles. The zero-order valence-electron chi connectivity index (χ0n) is 15.5. The van der Waals surface area contributed by atoms with Crippen LogP contribution in [0.15, 0.2) is 30.3 Å². The summed E-state index contributed by atoms with van der Waals surface area (Å²) >= 11 is 0. The van der Waals surface area contributed by atoms with Crippen molar-refractivity contribution >= 4 is 6.03 Å².